The molecule has 110 valence electrons. The van der Waals surface area contributed by atoms with E-state index in [1.54, 1.807) is 12.1 Å². The number of rotatable bonds is 3. The van der Waals surface area contributed by atoms with Crippen molar-refractivity contribution in [1.82, 2.24) is 5.43 Å². The third-order valence-corrected chi connectivity index (χ3v) is 3.43. The third kappa shape index (κ3) is 2.42. The van der Waals surface area contributed by atoms with Crippen molar-refractivity contribution in [3.05, 3.63) is 65.2 Å². The molecule has 1 aliphatic rings. The number of nitrogens with one attached hydrogen (secondary N) is 1. The summed E-state index contributed by atoms with van der Waals surface area (Å²) < 4.78 is 0. The maximum Gasteiger partial charge on any atom is 0.335 e. The lowest BCUT2D eigenvalue weighted by atomic mass is 10.1. The number of para-hydroxylation sites is 1. The third-order valence-electron chi connectivity index (χ3n) is 3.43. The zero-order chi connectivity index (χ0) is 15.7. The lowest BCUT2D eigenvalue weighted by molar-refractivity contribution is -0.117. The second-order valence-corrected chi connectivity index (χ2v) is 4.86. The van der Waals surface area contributed by atoms with E-state index in [-0.39, 0.29) is 23.5 Å². The number of hydrogen-bond acceptors (Lipinski definition) is 3. The molecule has 2 aromatic carbocycles. The summed E-state index contributed by atoms with van der Waals surface area (Å²) in [6.45, 7) is 0. The molecule has 0 radical (unpaired) electrons. The normalized spacial score (nSPS) is 12.9. The molecule has 0 saturated carbocycles. The lowest BCUT2D eigenvalue weighted by Gasteiger charge is -2.18. The predicted octanol–water partition coefficient (Wildman–Crippen LogP) is 1.62. The van der Waals surface area contributed by atoms with Crippen molar-refractivity contribution in [3.8, 4) is 0 Å². The predicted molar refractivity (Wildman–Crippen MR) is 78.5 cm³/mol. The van der Waals surface area contributed by atoms with Gasteiger partial charge in [0.2, 0.25) is 5.91 Å². The van der Waals surface area contributed by atoms with Gasteiger partial charge in [-0.25, -0.2) is 9.80 Å². The van der Waals surface area contributed by atoms with Crippen LogP contribution in [0, 0.1) is 0 Å². The van der Waals surface area contributed by atoms with Crippen molar-refractivity contribution in [1.29, 1.82) is 0 Å². The number of amides is 2. The average molecular weight is 296 g/mol. The SMILES string of the molecule is O=C(O)c1ccc(C(=O)NN2C(=O)Cc3ccccc32)cc1. The number of hydrazine groups is 1. The Bertz CT molecular complexity index is 768. The van der Waals surface area contributed by atoms with E-state index >= 15 is 0 Å². The van der Waals surface area contributed by atoms with Gasteiger partial charge in [-0.3, -0.25) is 15.0 Å². The second-order valence-electron chi connectivity index (χ2n) is 4.86. The zero-order valence-electron chi connectivity index (χ0n) is 11.4. The quantitative estimate of drug-likeness (QED) is 0.901. The molecule has 6 nitrogen and oxygen atoms in total. The molecule has 0 spiro atoms. The Hall–Kier alpha value is -3.15. The first-order valence-corrected chi connectivity index (χ1v) is 6.61. The molecule has 0 bridgehead atoms. The van der Waals surface area contributed by atoms with Crippen LogP contribution in [0.2, 0.25) is 0 Å². The minimum atomic E-state index is -1.06. The van der Waals surface area contributed by atoms with E-state index in [0.717, 1.165) is 5.56 Å². The van der Waals surface area contributed by atoms with Crippen molar-refractivity contribution >= 4 is 23.5 Å². The topological polar surface area (TPSA) is 86.7 Å². The highest BCUT2D eigenvalue weighted by Gasteiger charge is 2.28. The van der Waals surface area contributed by atoms with E-state index in [2.05, 4.69) is 5.43 Å². The van der Waals surface area contributed by atoms with Crippen molar-refractivity contribution in [3.63, 3.8) is 0 Å². The number of benzene rings is 2. The van der Waals surface area contributed by atoms with E-state index < -0.39 is 11.9 Å². The number of nitrogens with zero attached hydrogens (tertiary/aromatic N) is 1. The van der Waals surface area contributed by atoms with Crippen LogP contribution in [0.25, 0.3) is 0 Å². The number of fused-ring (bicyclic) bond motifs is 1. The molecule has 6 heteroatoms. The van der Waals surface area contributed by atoms with Crippen molar-refractivity contribution in [2.45, 2.75) is 6.42 Å². The fourth-order valence-electron chi connectivity index (χ4n) is 2.31. The van der Waals surface area contributed by atoms with E-state index in [0.29, 0.717) is 5.69 Å². The number of carbonyl (C=O) groups is 3. The molecule has 0 aliphatic carbocycles. The Kier molecular flexibility index (Phi) is 3.34. The summed E-state index contributed by atoms with van der Waals surface area (Å²) in [7, 11) is 0. The van der Waals surface area contributed by atoms with Gasteiger partial charge in [0, 0.05) is 5.56 Å². The summed E-state index contributed by atoms with van der Waals surface area (Å²) in [5, 5.41) is 10.1. The van der Waals surface area contributed by atoms with Gasteiger partial charge in [-0.05, 0) is 35.9 Å². The molecule has 0 saturated heterocycles. The van der Waals surface area contributed by atoms with Crippen LogP contribution in [-0.2, 0) is 11.2 Å². The van der Waals surface area contributed by atoms with Crippen molar-refractivity contribution in [2.24, 2.45) is 0 Å². The lowest BCUT2D eigenvalue weighted by Crippen LogP contribution is -2.44. The molecular weight excluding hydrogens is 284 g/mol. The van der Waals surface area contributed by atoms with Crippen LogP contribution >= 0.6 is 0 Å². The minimum Gasteiger partial charge on any atom is -0.478 e. The highest BCUT2D eigenvalue weighted by molar-refractivity contribution is 6.06. The van der Waals surface area contributed by atoms with E-state index in [1.807, 2.05) is 12.1 Å². The van der Waals surface area contributed by atoms with Gasteiger partial charge in [-0.2, -0.15) is 0 Å². The molecule has 3 rings (SSSR count). The van der Waals surface area contributed by atoms with Gasteiger partial charge in [0.1, 0.15) is 0 Å². The van der Waals surface area contributed by atoms with Crippen LogP contribution in [0.1, 0.15) is 26.3 Å². The Morgan fingerprint density at radius 1 is 1.00 bits per heavy atom. The highest BCUT2D eigenvalue weighted by Crippen LogP contribution is 2.26. The van der Waals surface area contributed by atoms with Crippen LogP contribution in [-0.4, -0.2) is 22.9 Å². The van der Waals surface area contributed by atoms with E-state index in [9.17, 15) is 14.4 Å². The van der Waals surface area contributed by atoms with Gasteiger partial charge in [0.25, 0.3) is 5.91 Å². The molecule has 22 heavy (non-hydrogen) atoms. The standard InChI is InChI=1S/C16H12N2O4/c19-14-9-12-3-1-2-4-13(12)18(14)17-15(20)10-5-7-11(8-6-10)16(21)22/h1-8H,9H2,(H,17,20)(H,21,22). The second kappa shape index (κ2) is 5.33. The molecule has 2 N–H and O–H groups in total. The van der Waals surface area contributed by atoms with Gasteiger partial charge < -0.3 is 5.11 Å². The Balaban J connectivity index is 1.80. The number of anilines is 1. The minimum absolute atomic E-state index is 0.0964. The molecule has 0 aromatic heterocycles. The Morgan fingerprint density at radius 3 is 2.32 bits per heavy atom. The smallest absolute Gasteiger partial charge is 0.335 e. The molecule has 0 fully saturated rings. The number of carbonyl (C=O) groups excluding carboxylic acids is 2. The van der Waals surface area contributed by atoms with Crippen molar-refractivity contribution in [2.75, 3.05) is 5.01 Å². The number of carboxylic acid groups (broad SMARTS) is 1. The largest absolute Gasteiger partial charge is 0.478 e. The molecule has 2 aromatic rings. The van der Waals surface area contributed by atoms with Gasteiger partial charge in [-0.15, -0.1) is 0 Å². The number of carboxylic acids is 1. The molecule has 2 amide bonds. The highest BCUT2D eigenvalue weighted by atomic mass is 16.4. The molecular formula is C16H12N2O4. The summed E-state index contributed by atoms with van der Waals surface area (Å²) in [5.41, 5.74) is 4.43. The summed E-state index contributed by atoms with van der Waals surface area (Å²) in [4.78, 5) is 34.9. The molecule has 1 aliphatic heterocycles. The first-order chi connectivity index (χ1) is 10.6. The number of hydrogen-bond donors (Lipinski definition) is 2. The van der Waals surface area contributed by atoms with Crippen LogP contribution in [0.15, 0.2) is 48.5 Å². The monoisotopic (exact) mass is 296 g/mol. The molecule has 1 heterocycles. The summed E-state index contributed by atoms with van der Waals surface area (Å²) in [6, 6.07) is 12.7. The summed E-state index contributed by atoms with van der Waals surface area (Å²) in [5.74, 6) is -1.74. The van der Waals surface area contributed by atoms with Crippen LogP contribution < -0.4 is 10.4 Å². The van der Waals surface area contributed by atoms with Gasteiger partial charge in [0.15, 0.2) is 0 Å². The van der Waals surface area contributed by atoms with Crippen LogP contribution in [0.5, 0.6) is 0 Å². The van der Waals surface area contributed by atoms with Crippen LogP contribution in [0.4, 0.5) is 5.69 Å². The Morgan fingerprint density at radius 2 is 1.64 bits per heavy atom. The Labute approximate surface area is 126 Å². The molecule has 0 atom stereocenters. The fraction of sp³-hybridized carbons (Fsp3) is 0.0625. The zero-order valence-corrected chi connectivity index (χ0v) is 11.4. The maximum absolute atomic E-state index is 12.2. The molecule has 0 unspecified atom stereocenters. The first-order valence-electron chi connectivity index (χ1n) is 6.61. The van der Waals surface area contributed by atoms with Gasteiger partial charge in [-0.1, -0.05) is 18.2 Å². The van der Waals surface area contributed by atoms with Crippen LogP contribution in [0.3, 0.4) is 0 Å². The maximum atomic E-state index is 12.2. The van der Waals surface area contributed by atoms with Gasteiger partial charge >= 0.3 is 5.97 Å². The summed E-state index contributed by atoms with van der Waals surface area (Å²) in [6.07, 6.45) is 0.244. The summed E-state index contributed by atoms with van der Waals surface area (Å²) >= 11 is 0. The number of aromatic carboxylic acids is 1. The first kappa shape index (κ1) is 13.8. The average Bonchev–Trinajstić information content (AvgIpc) is 2.83. The van der Waals surface area contributed by atoms with E-state index in [1.165, 1.54) is 29.3 Å². The van der Waals surface area contributed by atoms with Crippen molar-refractivity contribution < 1.29 is 19.5 Å². The van der Waals surface area contributed by atoms with Gasteiger partial charge in [0.05, 0.1) is 17.7 Å². The van der Waals surface area contributed by atoms with E-state index in [4.69, 9.17) is 5.11 Å². The fourth-order valence-corrected chi connectivity index (χ4v) is 2.31.